The SMILES string of the molecule is COc1ccc(C2NC(=O)N(Cc3c(C)noc3C)C3=C2C(=O)OC3)cc1. The fourth-order valence-electron chi connectivity index (χ4n) is 3.41. The first kappa shape index (κ1) is 17.1. The molecule has 2 aliphatic rings. The van der Waals surface area contributed by atoms with Crippen molar-refractivity contribution in [3.8, 4) is 5.75 Å². The van der Waals surface area contributed by atoms with Gasteiger partial charge in [0, 0.05) is 5.56 Å². The average Bonchev–Trinajstić information content (AvgIpc) is 3.20. The Kier molecular flexibility index (Phi) is 4.10. The van der Waals surface area contributed by atoms with E-state index in [4.69, 9.17) is 14.0 Å². The van der Waals surface area contributed by atoms with Gasteiger partial charge >= 0.3 is 12.0 Å². The molecule has 1 unspecified atom stereocenters. The molecule has 0 saturated heterocycles. The summed E-state index contributed by atoms with van der Waals surface area (Å²) in [6.07, 6.45) is 0. The fourth-order valence-corrected chi connectivity index (χ4v) is 3.41. The molecule has 1 aromatic carbocycles. The van der Waals surface area contributed by atoms with E-state index in [1.54, 1.807) is 26.2 Å². The lowest BCUT2D eigenvalue weighted by Gasteiger charge is -2.32. The highest BCUT2D eigenvalue weighted by Gasteiger charge is 2.42. The first-order chi connectivity index (χ1) is 13.0. The molecule has 0 bridgehead atoms. The van der Waals surface area contributed by atoms with E-state index in [2.05, 4.69) is 10.5 Å². The number of esters is 1. The van der Waals surface area contributed by atoms with Crippen LogP contribution in [0.3, 0.4) is 0 Å². The third-order valence-corrected chi connectivity index (χ3v) is 4.94. The molecular weight excluding hydrogens is 350 g/mol. The zero-order valence-electron chi connectivity index (χ0n) is 15.2. The molecule has 2 aromatic rings. The molecule has 0 aliphatic carbocycles. The van der Waals surface area contributed by atoms with E-state index in [0.717, 1.165) is 11.1 Å². The average molecular weight is 369 g/mol. The number of cyclic esters (lactones) is 1. The van der Waals surface area contributed by atoms with Crippen molar-refractivity contribution in [3.05, 3.63) is 58.1 Å². The van der Waals surface area contributed by atoms with Crippen LogP contribution >= 0.6 is 0 Å². The minimum absolute atomic E-state index is 0.0671. The van der Waals surface area contributed by atoms with Crippen LogP contribution in [0.2, 0.25) is 0 Å². The Bertz CT molecular complexity index is 925. The van der Waals surface area contributed by atoms with Crippen LogP contribution in [0.4, 0.5) is 4.79 Å². The van der Waals surface area contributed by atoms with Gasteiger partial charge in [-0.3, -0.25) is 4.90 Å². The molecule has 0 radical (unpaired) electrons. The number of benzene rings is 1. The molecule has 27 heavy (non-hydrogen) atoms. The standard InChI is InChI=1S/C19H19N3O5/c1-10-14(11(2)27-21-10)8-22-15-9-26-18(23)16(15)17(20-19(22)24)12-4-6-13(25-3)7-5-12/h4-7,17H,8-9H2,1-3H3,(H,20,24). The van der Waals surface area contributed by atoms with Crippen LogP contribution in [-0.4, -0.2) is 35.8 Å². The van der Waals surface area contributed by atoms with E-state index in [9.17, 15) is 9.59 Å². The van der Waals surface area contributed by atoms with Gasteiger partial charge in [0.2, 0.25) is 0 Å². The summed E-state index contributed by atoms with van der Waals surface area (Å²) in [7, 11) is 1.58. The molecule has 1 N–H and O–H groups in total. The third-order valence-electron chi connectivity index (χ3n) is 4.94. The van der Waals surface area contributed by atoms with Crippen molar-refractivity contribution in [1.82, 2.24) is 15.4 Å². The van der Waals surface area contributed by atoms with Crippen molar-refractivity contribution in [2.75, 3.05) is 13.7 Å². The van der Waals surface area contributed by atoms with Crippen molar-refractivity contribution >= 4 is 12.0 Å². The molecule has 1 atom stereocenters. The number of nitrogens with zero attached hydrogens (tertiary/aromatic N) is 2. The molecule has 2 amide bonds. The lowest BCUT2D eigenvalue weighted by Crippen LogP contribution is -2.46. The zero-order chi connectivity index (χ0) is 19.1. The van der Waals surface area contributed by atoms with Crippen molar-refractivity contribution in [2.45, 2.75) is 26.4 Å². The number of urea groups is 1. The Morgan fingerprint density at radius 1 is 1.26 bits per heavy atom. The Balaban J connectivity index is 1.72. The number of hydrogen-bond acceptors (Lipinski definition) is 6. The topological polar surface area (TPSA) is 93.9 Å². The summed E-state index contributed by atoms with van der Waals surface area (Å²) in [5, 5.41) is 6.84. The maximum Gasteiger partial charge on any atom is 0.338 e. The van der Waals surface area contributed by atoms with Gasteiger partial charge < -0.3 is 19.3 Å². The maximum absolute atomic E-state index is 12.8. The van der Waals surface area contributed by atoms with E-state index in [-0.39, 0.29) is 19.2 Å². The number of hydrogen-bond donors (Lipinski definition) is 1. The molecule has 0 spiro atoms. The number of carbonyl (C=O) groups is 2. The maximum atomic E-state index is 12.8. The van der Waals surface area contributed by atoms with Gasteiger partial charge in [-0.25, -0.2) is 9.59 Å². The third kappa shape index (κ3) is 2.83. The van der Waals surface area contributed by atoms with E-state index < -0.39 is 12.0 Å². The second kappa shape index (κ2) is 6.46. The lowest BCUT2D eigenvalue weighted by molar-refractivity contribution is -0.136. The Labute approximate surface area is 155 Å². The highest BCUT2D eigenvalue weighted by Crippen LogP contribution is 2.36. The van der Waals surface area contributed by atoms with Crippen LogP contribution in [-0.2, 0) is 16.1 Å². The molecule has 4 rings (SSSR count). The van der Waals surface area contributed by atoms with Crippen LogP contribution in [0.15, 0.2) is 40.1 Å². The molecule has 8 heteroatoms. The van der Waals surface area contributed by atoms with Crippen molar-refractivity contribution < 1.29 is 23.6 Å². The minimum atomic E-state index is -0.561. The second-order valence-electron chi connectivity index (χ2n) is 6.48. The number of rotatable bonds is 4. The molecule has 0 fully saturated rings. The molecule has 0 saturated carbocycles. The monoisotopic (exact) mass is 369 g/mol. The number of carbonyl (C=O) groups excluding carboxylic acids is 2. The van der Waals surface area contributed by atoms with Gasteiger partial charge in [-0.05, 0) is 31.5 Å². The first-order valence-corrected chi connectivity index (χ1v) is 8.53. The molecule has 8 nitrogen and oxygen atoms in total. The first-order valence-electron chi connectivity index (χ1n) is 8.53. The molecule has 3 heterocycles. The summed E-state index contributed by atoms with van der Waals surface area (Å²) in [4.78, 5) is 26.7. The summed E-state index contributed by atoms with van der Waals surface area (Å²) in [5.41, 5.74) is 3.34. The van der Waals surface area contributed by atoms with Crippen LogP contribution < -0.4 is 10.1 Å². The van der Waals surface area contributed by atoms with Crippen molar-refractivity contribution in [3.63, 3.8) is 0 Å². The van der Waals surface area contributed by atoms with Gasteiger partial charge in [-0.2, -0.15) is 0 Å². The number of amides is 2. The Hall–Kier alpha value is -3.29. The Morgan fingerprint density at radius 2 is 2.00 bits per heavy atom. The smallest absolute Gasteiger partial charge is 0.338 e. The minimum Gasteiger partial charge on any atom is -0.497 e. The van der Waals surface area contributed by atoms with E-state index >= 15 is 0 Å². The summed E-state index contributed by atoms with van der Waals surface area (Å²) in [6, 6.07) is 6.37. The van der Waals surface area contributed by atoms with Gasteiger partial charge in [0.1, 0.15) is 18.1 Å². The number of aromatic nitrogens is 1. The van der Waals surface area contributed by atoms with Crippen molar-refractivity contribution in [2.24, 2.45) is 0 Å². The predicted octanol–water partition coefficient (Wildman–Crippen LogP) is 2.38. The van der Waals surface area contributed by atoms with Crippen molar-refractivity contribution in [1.29, 1.82) is 0 Å². The van der Waals surface area contributed by atoms with Gasteiger partial charge in [-0.1, -0.05) is 17.3 Å². The van der Waals surface area contributed by atoms with Crippen LogP contribution in [0, 0.1) is 13.8 Å². The largest absolute Gasteiger partial charge is 0.497 e. The zero-order valence-corrected chi connectivity index (χ0v) is 15.2. The highest BCUT2D eigenvalue weighted by atomic mass is 16.5. The lowest BCUT2D eigenvalue weighted by atomic mass is 9.95. The van der Waals surface area contributed by atoms with Crippen LogP contribution in [0.1, 0.15) is 28.6 Å². The quantitative estimate of drug-likeness (QED) is 0.832. The number of nitrogens with one attached hydrogen (secondary N) is 1. The fraction of sp³-hybridized carbons (Fsp3) is 0.316. The molecule has 140 valence electrons. The summed E-state index contributed by atoms with van der Waals surface area (Å²) < 4.78 is 15.6. The van der Waals surface area contributed by atoms with E-state index in [1.165, 1.54) is 4.90 Å². The molecule has 2 aliphatic heterocycles. The number of ether oxygens (including phenoxy) is 2. The van der Waals surface area contributed by atoms with Gasteiger partial charge in [-0.15, -0.1) is 0 Å². The molecule has 1 aromatic heterocycles. The van der Waals surface area contributed by atoms with Gasteiger partial charge in [0.15, 0.2) is 0 Å². The highest BCUT2D eigenvalue weighted by molar-refractivity contribution is 5.97. The normalized spacial score (nSPS) is 19.1. The molecular formula is C19H19N3O5. The second-order valence-corrected chi connectivity index (χ2v) is 6.48. The van der Waals surface area contributed by atoms with E-state index in [0.29, 0.717) is 28.5 Å². The summed E-state index contributed by atoms with van der Waals surface area (Å²) >= 11 is 0. The number of methoxy groups -OCH3 is 1. The van der Waals surface area contributed by atoms with Gasteiger partial charge in [0.05, 0.1) is 36.7 Å². The predicted molar refractivity (Wildman–Crippen MR) is 93.8 cm³/mol. The summed E-state index contributed by atoms with van der Waals surface area (Å²) in [6.45, 7) is 3.94. The summed E-state index contributed by atoms with van der Waals surface area (Å²) in [5.74, 6) is 0.920. The van der Waals surface area contributed by atoms with Crippen LogP contribution in [0.5, 0.6) is 5.75 Å². The Morgan fingerprint density at radius 3 is 2.63 bits per heavy atom. The number of aryl methyl sites for hydroxylation is 2. The van der Waals surface area contributed by atoms with E-state index in [1.807, 2.05) is 19.1 Å². The van der Waals surface area contributed by atoms with Gasteiger partial charge in [0.25, 0.3) is 0 Å². The van der Waals surface area contributed by atoms with Crippen LogP contribution in [0.25, 0.3) is 0 Å².